The molecule has 0 radical (unpaired) electrons. The highest BCUT2D eigenvalue weighted by atomic mass is 16.8. The second-order valence-corrected chi connectivity index (χ2v) is 3.68. The molecule has 1 rings (SSSR count). The van der Waals surface area contributed by atoms with Crippen molar-refractivity contribution in [1.29, 1.82) is 0 Å². The molecule has 15 heavy (non-hydrogen) atoms. The summed E-state index contributed by atoms with van der Waals surface area (Å²) in [7, 11) is 5.96. The van der Waals surface area contributed by atoms with Crippen molar-refractivity contribution in [3.63, 3.8) is 0 Å². The maximum atomic E-state index is 10.3. The lowest BCUT2D eigenvalue weighted by Gasteiger charge is -2.50. The zero-order valence-corrected chi connectivity index (χ0v) is 9.78. The summed E-state index contributed by atoms with van der Waals surface area (Å²) in [6.45, 7) is 0. The van der Waals surface area contributed by atoms with E-state index in [0.717, 1.165) is 12.8 Å². The monoisotopic (exact) mass is 220 g/mol. The van der Waals surface area contributed by atoms with Gasteiger partial charge in [0.25, 0.3) is 0 Å². The minimum Gasteiger partial charge on any atom is -0.376 e. The molecule has 0 aromatic rings. The Bertz CT molecular complexity index is 204. The zero-order chi connectivity index (χ0) is 11.5. The summed E-state index contributed by atoms with van der Waals surface area (Å²) in [5.74, 6) is -2.72. The van der Waals surface area contributed by atoms with Crippen molar-refractivity contribution < 1.29 is 24.1 Å². The van der Waals surface area contributed by atoms with E-state index in [9.17, 15) is 5.11 Å². The van der Waals surface area contributed by atoms with Gasteiger partial charge in [0.05, 0.1) is 0 Å². The average molecular weight is 220 g/mol. The van der Waals surface area contributed by atoms with Gasteiger partial charge in [-0.3, -0.25) is 0 Å². The summed E-state index contributed by atoms with van der Waals surface area (Å²) in [5.41, 5.74) is 0. The van der Waals surface area contributed by atoms with Crippen LogP contribution in [0.1, 0.15) is 19.3 Å². The molecular formula is C10H20O5. The second-order valence-electron chi connectivity index (χ2n) is 3.68. The van der Waals surface area contributed by atoms with Crippen LogP contribution < -0.4 is 0 Å². The van der Waals surface area contributed by atoms with Gasteiger partial charge in [0.1, 0.15) is 6.10 Å². The van der Waals surface area contributed by atoms with Gasteiger partial charge in [-0.15, -0.1) is 0 Å². The lowest BCUT2D eigenvalue weighted by molar-refractivity contribution is -0.419. The quantitative estimate of drug-likeness (QED) is 0.699. The minimum atomic E-state index is -1.46. The first kappa shape index (κ1) is 12.9. The second kappa shape index (κ2) is 4.76. The van der Waals surface area contributed by atoms with Gasteiger partial charge in [0.2, 0.25) is 11.6 Å². The fourth-order valence-electron chi connectivity index (χ4n) is 2.33. The number of methoxy groups -OCH3 is 4. The summed E-state index contributed by atoms with van der Waals surface area (Å²) < 4.78 is 21.1. The Kier molecular flexibility index (Phi) is 4.08. The van der Waals surface area contributed by atoms with E-state index in [1.54, 1.807) is 7.11 Å². The van der Waals surface area contributed by atoms with Crippen molar-refractivity contribution >= 4 is 0 Å². The Balaban J connectivity index is 3.05. The van der Waals surface area contributed by atoms with Gasteiger partial charge in [-0.05, 0) is 12.8 Å². The van der Waals surface area contributed by atoms with Crippen LogP contribution in [0.15, 0.2) is 0 Å². The van der Waals surface area contributed by atoms with Gasteiger partial charge in [-0.1, -0.05) is 0 Å². The third-order valence-electron chi connectivity index (χ3n) is 3.18. The normalized spacial score (nSPS) is 35.4. The molecule has 0 aliphatic heterocycles. The highest BCUT2D eigenvalue weighted by molar-refractivity contribution is 4.97. The van der Waals surface area contributed by atoms with E-state index in [4.69, 9.17) is 18.9 Å². The summed E-state index contributed by atoms with van der Waals surface area (Å²) >= 11 is 0. The lowest BCUT2D eigenvalue weighted by Crippen LogP contribution is -2.67. The molecule has 90 valence electrons. The standard InChI is InChI=1S/C10H20O5/c1-12-8-6-5-7-9(11,13-2)10(8,14-3)15-4/h8,11H,5-7H2,1-4H3. The average Bonchev–Trinajstić information content (AvgIpc) is 2.28. The largest absolute Gasteiger partial charge is 0.376 e. The van der Waals surface area contributed by atoms with E-state index in [1.807, 2.05) is 0 Å². The molecule has 5 heteroatoms. The highest BCUT2D eigenvalue weighted by Gasteiger charge is 2.60. The van der Waals surface area contributed by atoms with E-state index in [1.165, 1.54) is 21.3 Å². The third-order valence-corrected chi connectivity index (χ3v) is 3.18. The Morgan fingerprint density at radius 2 is 1.67 bits per heavy atom. The van der Waals surface area contributed by atoms with Crippen LogP contribution in [-0.2, 0) is 18.9 Å². The van der Waals surface area contributed by atoms with Gasteiger partial charge in [0.15, 0.2) is 0 Å². The molecule has 0 aromatic carbocycles. The molecule has 1 saturated carbocycles. The Morgan fingerprint density at radius 3 is 2.07 bits per heavy atom. The van der Waals surface area contributed by atoms with Crippen LogP contribution in [0.5, 0.6) is 0 Å². The molecule has 1 fully saturated rings. The van der Waals surface area contributed by atoms with Crippen molar-refractivity contribution in [3.8, 4) is 0 Å². The van der Waals surface area contributed by atoms with Crippen LogP contribution in [0.2, 0.25) is 0 Å². The summed E-state index contributed by atoms with van der Waals surface area (Å²) in [6, 6.07) is 0. The lowest BCUT2D eigenvalue weighted by atomic mass is 9.85. The van der Waals surface area contributed by atoms with Crippen molar-refractivity contribution in [1.82, 2.24) is 0 Å². The maximum Gasteiger partial charge on any atom is 0.250 e. The molecule has 1 aliphatic rings. The number of ether oxygens (including phenoxy) is 4. The highest BCUT2D eigenvalue weighted by Crippen LogP contribution is 2.42. The Labute approximate surface area is 90.3 Å². The van der Waals surface area contributed by atoms with Crippen molar-refractivity contribution in [2.24, 2.45) is 0 Å². The van der Waals surface area contributed by atoms with E-state index >= 15 is 0 Å². The molecule has 0 heterocycles. The van der Waals surface area contributed by atoms with Crippen LogP contribution in [0.25, 0.3) is 0 Å². The molecule has 0 aromatic heterocycles. The van der Waals surface area contributed by atoms with E-state index in [0.29, 0.717) is 6.42 Å². The molecule has 5 nitrogen and oxygen atoms in total. The van der Waals surface area contributed by atoms with E-state index < -0.39 is 11.6 Å². The zero-order valence-electron chi connectivity index (χ0n) is 9.78. The van der Waals surface area contributed by atoms with Gasteiger partial charge >= 0.3 is 0 Å². The SMILES string of the molecule is COC1CCCC(O)(OC)C1(OC)OC. The third kappa shape index (κ3) is 1.79. The van der Waals surface area contributed by atoms with E-state index in [-0.39, 0.29) is 6.10 Å². The van der Waals surface area contributed by atoms with Gasteiger partial charge < -0.3 is 24.1 Å². The summed E-state index contributed by atoms with van der Waals surface area (Å²) in [4.78, 5) is 0. The maximum absolute atomic E-state index is 10.3. The molecule has 1 aliphatic carbocycles. The first-order valence-electron chi connectivity index (χ1n) is 5.01. The molecule has 0 bridgehead atoms. The van der Waals surface area contributed by atoms with Crippen molar-refractivity contribution in [3.05, 3.63) is 0 Å². The molecule has 0 amide bonds. The topological polar surface area (TPSA) is 57.2 Å². The summed E-state index contributed by atoms with van der Waals surface area (Å²) in [6.07, 6.45) is 1.69. The van der Waals surface area contributed by atoms with Crippen LogP contribution >= 0.6 is 0 Å². The first-order valence-corrected chi connectivity index (χ1v) is 5.01. The number of aliphatic hydroxyl groups is 1. The number of rotatable bonds is 4. The molecule has 2 unspecified atom stereocenters. The predicted octanol–water partition coefficient (Wildman–Crippen LogP) is 0.509. The van der Waals surface area contributed by atoms with Gasteiger partial charge in [-0.2, -0.15) is 0 Å². The predicted molar refractivity (Wildman–Crippen MR) is 53.4 cm³/mol. The van der Waals surface area contributed by atoms with Crippen LogP contribution in [0.3, 0.4) is 0 Å². The van der Waals surface area contributed by atoms with E-state index in [2.05, 4.69) is 0 Å². The number of hydrogen-bond donors (Lipinski definition) is 1. The Hall–Kier alpha value is -0.200. The van der Waals surface area contributed by atoms with Crippen LogP contribution in [0, 0.1) is 0 Å². The Morgan fingerprint density at radius 1 is 1.07 bits per heavy atom. The minimum absolute atomic E-state index is 0.341. The van der Waals surface area contributed by atoms with Crippen molar-refractivity contribution in [2.45, 2.75) is 36.9 Å². The van der Waals surface area contributed by atoms with Crippen LogP contribution in [-0.4, -0.2) is 51.2 Å². The molecule has 1 N–H and O–H groups in total. The molecule has 0 spiro atoms. The summed E-state index contributed by atoms with van der Waals surface area (Å²) in [5, 5.41) is 10.3. The van der Waals surface area contributed by atoms with Crippen molar-refractivity contribution in [2.75, 3.05) is 28.4 Å². The van der Waals surface area contributed by atoms with Gasteiger partial charge in [0, 0.05) is 34.9 Å². The molecular weight excluding hydrogens is 200 g/mol. The van der Waals surface area contributed by atoms with Crippen LogP contribution in [0.4, 0.5) is 0 Å². The molecule has 0 saturated heterocycles. The van der Waals surface area contributed by atoms with Gasteiger partial charge in [-0.25, -0.2) is 0 Å². The number of hydrogen-bond acceptors (Lipinski definition) is 5. The molecule has 2 atom stereocenters. The fraction of sp³-hybridized carbons (Fsp3) is 1.00. The smallest absolute Gasteiger partial charge is 0.250 e. The first-order chi connectivity index (χ1) is 7.10. The fourth-order valence-corrected chi connectivity index (χ4v) is 2.33.